The van der Waals surface area contributed by atoms with Crippen LogP contribution in [0.5, 0.6) is 23.0 Å². The number of carbonyl (C=O) groups excluding carboxylic acids is 10. The van der Waals surface area contributed by atoms with E-state index in [1.165, 1.54) is 12.1 Å². The lowest BCUT2D eigenvalue weighted by atomic mass is 9.82. The van der Waals surface area contributed by atoms with Crippen molar-refractivity contribution < 1.29 is 95.3 Å². The zero-order valence-electron chi connectivity index (χ0n) is 45.7. The molecule has 6 rings (SSSR count). The molecule has 84 heavy (non-hydrogen) atoms. The highest BCUT2D eigenvalue weighted by Crippen LogP contribution is 2.59. The van der Waals surface area contributed by atoms with Crippen LogP contribution in [0.15, 0.2) is 106 Å². The van der Waals surface area contributed by atoms with Gasteiger partial charge in [-0.3, -0.25) is 38.4 Å². The molecule has 0 spiro atoms. The molecule has 0 amide bonds. The number of hydrogen-bond donors (Lipinski definition) is 0. The smallest absolute Gasteiger partial charge is 0.330 e. The fourth-order valence-corrected chi connectivity index (χ4v) is 11.1. The molecule has 0 bridgehead atoms. The van der Waals surface area contributed by atoms with Crippen molar-refractivity contribution in [1.29, 1.82) is 10.5 Å². The van der Waals surface area contributed by atoms with Crippen molar-refractivity contribution in [1.82, 2.24) is 0 Å². The molecular formula is C60H60N2O20S2. The van der Waals surface area contributed by atoms with Gasteiger partial charge < -0.3 is 47.4 Å². The molecule has 0 unspecified atom stereocenters. The van der Waals surface area contributed by atoms with Crippen molar-refractivity contribution in [3.8, 4) is 35.1 Å². The molecule has 0 saturated heterocycles. The van der Waals surface area contributed by atoms with Crippen molar-refractivity contribution in [2.45, 2.75) is 99.7 Å². The lowest BCUT2D eigenvalue weighted by Gasteiger charge is -2.26. The van der Waals surface area contributed by atoms with Crippen LogP contribution < -0.4 is 18.9 Å². The van der Waals surface area contributed by atoms with Gasteiger partial charge in [-0.25, -0.2) is 9.59 Å². The van der Waals surface area contributed by atoms with E-state index >= 15 is 0 Å². The Hall–Kier alpha value is -8.74. The highest BCUT2D eigenvalue weighted by Gasteiger charge is 2.37. The molecule has 0 radical (unpaired) electrons. The molecular weight excluding hydrogens is 1130 g/mol. The van der Waals surface area contributed by atoms with Crippen LogP contribution in [0.4, 0.5) is 0 Å². The van der Waals surface area contributed by atoms with Gasteiger partial charge in [0.15, 0.2) is 0 Å². The SMILES string of the molecule is C=CC(=O)OCCOC(=O)CCC(=O)OCCc1ccc(OC(=O)C2CCC(C(=O)Oc3ccc(OC(=O)C4CCC(C(=O)Oc5ccc(CCOC(=O)CCC(=O)OCCOC(=O)C=C)cc5)CC4)c4c3SC(=C(C#N)C#N)S4)CC2)cc1. The normalized spacial score (nSPS) is 16.7. The Morgan fingerprint density at radius 2 is 0.726 bits per heavy atom. The second-order valence-corrected chi connectivity index (χ2v) is 21.3. The average molecular weight is 1190 g/mol. The van der Waals surface area contributed by atoms with Crippen molar-refractivity contribution >= 4 is 83.2 Å². The summed E-state index contributed by atoms with van der Waals surface area (Å²) in [5.74, 6) is -6.83. The molecule has 0 atom stereocenters. The van der Waals surface area contributed by atoms with Crippen LogP contribution >= 0.6 is 23.5 Å². The first kappa shape index (κ1) is 64.4. The van der Waals surface area contributed by atoms with E-state index < -0.39 is 83.4 Å². The number of ether oxygens (including phenoxy) is 10. The number of carbonyl (C=O) groups is 10. The minimum Gasteiger partial charge on any atom is -0.465 e. The summed E-state index contributed by atoms with van der Waals surface area (Å²) >= 11 is 2.09. The van der Waals surface area contributed by atoms with E-state index in [2.05, 4.69) is 13.2 Å². The summed E-state index contributed by atoms with van der Waals surface area (Å²) in [5.41, 5.74) is 1.43. The zero-order chi connectivity index (χ0) is 60.4. The molecule has 3 aliphatic rings. The minimum atomic E-state index is -0.644. The quantitative estimate of drug-likeness (QED) is 0.0166. The third-order valence-electron chi connectivity index (χ3n) is 13.2. The Morgan fingerprint density at radius 1 is 0.429 bits per heavy atom. The summed E-state index contributed by atoms with van der Waals surface area (Å²) < 4.78 is 53.1. The first-order valence-electron chi connectivity index (χ1n) is 26.9. The van der Waals surface area contributed by atoms with Gasteiger partial charge >= 0.3 is 59.7 Å². The number of nitriles is 2. The molecule has 3 aromatic rings. The van der Waals surface area contributed by atoms with E-state index in [1.54, 1.807) is 48.5 Å². The lowest BCUT2D eigenvalue weighted by molar-refractivity contribution is -0.152. The van der Waals surface area contributed by atoms with Crippen LogP contribution in [0.2, 0.25) is 0 Å². The number of nitrogens with zero attached hydrogens (tertiary/aromatic N) is 2. The Morgan fingerprint density at radius 3 is 1.04 bits per heavy atom. The Labute approximate surface area is 492 Å². The van der Waals surface area contributed by atoms with Gasteiger partial charge in [-0.15, -0.1) is 0 Å². The van der Waals surface area contributed by atoms with E-state index in [9.17, 15) is 58.5 Å². The summed E-state index contributed by atoms with van der Waals surface area (Å²) in [6, 6.07) is 20.1. The molecule has 2 saturated carbocycles. The molecule has 442 valence electrons. The molecule has 1 heterocycles. The Bertz CT molecular complexity index is 2850. The second-order valence-electron chi connectivity index (χ2n) is 19.0. The molecule has 0 N–H and O–H groups in total. The van der Waals surface area contributed by atoms with Crippen LogP contribution in [0.25, 0.3) is 0 Å². The predicted molar refractivity (Wildman–Crippen MR) is 295 cm³/mol. The second kappa shape index (κ2) is 33.4. The van der Waals surface area contributed by atoms with E-state index in [4.69, 9.17) is 47.4 Å². The van der Waals surface area contributed by atoms with Gasteiger partial charge in [-0.2, -0.15) is 10.5 Å². The van der Waals surface area contributed by atoms with E-state index in [-0.39, 0.29) is 82.4 Å². The fraction of sp³-hybridized carbons (Fsp3) is 0.400. The maximum absolute atomic E-state index is 13.6. The van der Waals surface area contributed by atoms with Gasteiger partial charge in [0.05, 0.1) is 76.6 Å². The Balaban J connectivity index is 0.900. The van der Waals surface area contributed by atoms with Gasteiger partial charge in [-0.05, 0) is 98.9 Å². The summed E-state index contributed by atoms with van der Waals surface area (Å²) in [7, 11) is 0. The molecule has 22 nitrogen and oxygen atoms in total. The number of allylic oxidation sites excluding steroid dienone is 1. The van der Waals surface area contributed by atoms with Crippen LogP contribution in [0, 0.1) is 46.3 Å². The number of benzene rings is 3. The molecule has 0 aromatic heterocycles. The number of fused-ring (bicyclic) bond motifs is 1. The van der Waals surface area contributed by atoms with Gasteiger partial charge in [0.1, 0.15) is 67.1 Å². The van der Waals surface area contributed by atoms with Crippen LogP contribution in [0.1, 0.15) is 88.2 Å². The molecule has 2 aliphatic carbocycles. The van der Waals surface area contributed by atoms with Gasteiger partial charge in [0.2, 0.25) is 0 Å². The Kier molecular flexibility index (Phi) is 25.6. The van der Waals surface area contributed by atoms with E-state index in [0.29, 0.717) is 89.7 Å². The molecule has 24 heteroatoms. The average Bonchev–Trinajstić information content (AvgIpc) is 3.51. The van der Waals surface area contributed by atoms with Crippen LogP contribution in [-0.4, -0.2) is 99.3 Å². The van der Waals surface area contributed by atoms with Gasteiger partial charge in [0.25, 0.3) is 0 Å². The van der Waals surface area contributed by atoms with Crippen molar-refractivity contribution in [3.63, 3.8) is 0 Å². The number of thioether (sulfide) groups is 2. The minimum absolute atomic E-state index is 0.0513. The van der Waals surface area contributed by atoms with Gasteiger partial charge in [-0.1, -0.05) is 60.9 Å². The largest absolute Gasteiger partial charge is 0.465 e. The number of hydrogen-bond acceptors (Lipinski definition) is 24. The molecule has 2 fully saturated rings. The summed E-state index contributed by atoms with van der Waals surface area (Å²) in [6.45, 7) is 6.06. The zero-order valence-corrected chi connectivity index (χ0v) is 47.3. The third-order valence-corrected chi connectivity index (χ3v) is 15.9. The van der Waals surface area contributed by atoms with E-state index in [0.717, 1.165) is 46.8 Å². The van der Waals surface area contributed by atoms with Crippen molar-refractivity contribution in [2.24, 2.45) is 23.7 Å². The highest BCUT2D eigenvalue weighted by atomic mass is 32.2. The third kappa shape index (κ3) is 20.6. The first-order chi connectivity index (χ1) is 40.5. The standard InChI is InChI=1S/C60H60N2O20S2/c1-3-48(63)75-31-33-77-52(67)25-23-50(65)73-29-27-37-5-17-44(18-6-37)79-56(69)39-9-13-41(14-10-39)58(71)81-46-21-22-47(55-54(46)83-60(84-55)43(35-61)36-62)82-59(72)42-15-11-40(12-16-42)57(70)80-45-19-7-38(8-20-45)28-30-74-51(66)24-26-53(68)78-34-32-76-49(64)4-2/h3-8,17-22,39-42H,1-2,9-16,23-34H2. The monoisotopic (exact) mass is 1190 g/mol. The summed E-state index contributed by atoms with van der Waals surface area (Å²) in [6.07, 6.45) is 4.72. The van der Waals surface area contributed by atoms with Crippen LogP contribution in [-0.2, 0) is 89.2 Å². The maximum Gasteiger partial charge on any atom is 0.330 e. The summed E-state index contributed by atoms with van der Waals surface area (Å²) in [5, 5.41) is 19.4. The summed E-state index contributed by atoms with van der Waals surface area (Å²) in [4.78, 5) is 124. The fourth-order valence-electron chi connectivity index (χ4n) is 8.64. The molecule has 1 aliphatic heterocycles. The highest BCUT2D eigenvalue weighted by molar-refractivity contribution is 8.24. The predicted octanol–water partition coefficient (Wildman–Crippen LogP) is 8.05. The van der Waals surface area contributed by atoms with Crippen LogP contribution in [0.3, 0.4) is 0 Å². The van der Waals surface area contributed by atoms with Crippen molar-refractivity contribution in [2.75, 3.05) is 39.6 Å². The van der Waals surface area contributed by atoms with Crippen molar-refractivity contribution in [3.05, 3.63) is 107 Å². The maximum atomic E-state index is 13.6. The first-order valence-corrected chi connectivity index (χ1v) is 28.5. The van der Waals surface area contributed by atoms with E-state index in [1.807, 2.05) is 12.1 Å². The lowest BCUT2D eigenvalue weighted by Crippen LogP contribution is -2.30. The topological polar surface area (TPSA) is 311 Å². The molecule has 3 aromatic carbocycles. The number of rotatable bonds is 28. The number of esters is 10. The van der Waals surface area contributed by atoms with Gasteiger partial charge in [0, 0.05) is 25.0 Å².